The van der Waals surface area contributed by atoms with Crippen LogP contribution in [0.15, 0.2) is 70.3 Å². The van der Waals surface area contributed by atoms with E-state index < -0.39 is 11.2 Å². The van der Waals surface area contributed by atoms with Crippen LogP contribution in [-0.4, -0.2) is 38.0 Å². The van der Waals surface area contributed by atoms with Gasteiger partial charge in [0, 0.05) is 23.8 Å². The molecule has 3 heterocycles. The van der Waals surface area contributed by atoms with Gasteiger partial charge in [0.15, 0.2) is 5.65 Å². The predicted molar refractivity (Wildman–Crippen MR) is 132 cm³/mol. The molecule has 0 unspecified atom stereocenters. The Balaban J connectivity index is 1.84. The van der Waals surface area contributed by atoms with Gasteiger partial charge in [0.05, 0.1) is 23.2 Å². The third kappa shape index (κ3) is 3.92. The van der Waals surface area contributed by atoms with Crippen LogP contribution in [0.25, 0.3) is 16.7 Å². The summed E-state index contributed by atoms with van der Waals surface area (Å²) in [6, 6.07) is 17.7. The van der Waals surface area contributed by atoms with E-state index in [1.54, 1.807) is 54.3 Å². The molecule has 1 saturated heterocycles. The van der Waals surface area contributed by atoms with Gasteiger partial charge in [-0.2, -0.15) is 0 Å². The molecule has 0 bridgehead atoms. The molecule has 0 aliphatic carbocycles. The van der Waals surface area contributed by atoms with Crippen molar-refractivity contribution in [3.8, 4) is 5.69 Å². The molecular formula is C26H23ClN4O3. The molecule has 2 aromatic carbocycles. The maximum Gasteiger partial charge on any atom is 0.337 e. The number of aromatic nitrogens is 3. The summed E-state index contributed by atoms with van der Waals surface area (Å²) in [6.45, 7) is 3.08. The molecule has 5 rings (SSSR count). The van der Waals surface area contributed by atoms with E-state index in [0.717, 1.165) is 17.4 Å². The fraction of sp³-hybridized carbons (Fsp3) is 0.231. The monoisotopic (exact) mass is 474 g/mol. The second-order valence-electron chi connectivity index (χ2n) is 8.48. The molecule has 8 heteroatoms. The molecule has 4 aromatic rings. The Labute approximate surface area is 200 Å². The zero-order valence-corrected chi connectivity index (χ0v) is 19.5. The second-order valence-corrected chi connectivity index (χ2v) is 8.92. The number of carbonyl (C=O) groups excluding carboxylic acids is 1. The van der Waals surface area contributed by atoms with Crippen LogP contribution in [0.5, 0.6) is 0 Å². The predicted octanol–water partition coefficient (Wildman–Crippen LogP) is 3.79. The smallest absolute Gasteiger partial charge is 0.337 e. The number of nitrogens with zero attached hydrogens (tertiary/aromatic N) is 4. The van der Waals surface area contributed by atoms with E-state index in [0.29, 0.717) is 35.1 Å². The van der Waals surface area contributed by atoms with E-state index in [1.165, 1.54) is 4.57 Å². The summed E-state index contributed by atoms with van der Waals surface area (Å²) in [4.78, 5) is 47.3. The molecule has 1 amide bonds. The minimum absolute atomic E-state index is 0.0201. The van der Waals surface area contributed by atoms with Crippen LogP contribution in [0.1, 0.15) is 34.5 Å². The van der Waals surface area contributed by atoms with Crippen molar-refractivity contribution in [1.82, 2.24) is 19.0 Å². The second kappa shape index (κ2) is 8.91. The largest absolute Gasteiger partial charge is 0.339 e. The number of likely N-dealkylation sites (tertiary alicyclic amines) is 1. The van der Waals surface area contributed by atoms with Crippen molar-refractivity contribution in [2.75, 3.05) is 13.1 Å². The average molecular weight is 475 g/mol. The molecule has 1 aliphatic heterocycles. The molecule has 0 spiro atoms. The summed E-state index contributed by atoms with van der Waals surface area (Å²) in [5, 5.41) is 0.657. The van der Waals surface area contributed by atoms with Crippen molar-refractivity contribution in [2.45, 2.75) is 26.3 Å². The summed E-state index contributed by atoms with van der Waals surface area (Å²) in [5.74, 6) is -0.210. The van der Waals surface area contributed by atoms with Gasteiger partial charge in [-0.1, -0.05) is 41.9 Å². The van der Waals surface area contributed by atoms with Crippen LogP contribution in [0, 0.1) is 6.92 Å². The highest BCUT2D eigenvalue weighted by Crippen LogP contribution is 2.21. The van der Waals surface area contributed by atoms with Crippen LogP contribution >= 0.6 is 11.6 Å². The number of rotatable bonds is 4. The maximum atomic E-state index is 13.8. The Hall–Kier alpha value is -3.71. The zero-order valence-electron chi connectivity index (χ0n) is 18.7. The summed E-state index contributed by atoms with van der Waals surface area (Å²) in [6.07, 6.45) is 1.86. The van der Waals surface area contributed by atoms with Gasteiger partial charge in [0.1, 0.15) is 0 Å². The Kier molecular flexibility index (Phi) is 5.79. The van der Waals surface area contributed by atoms with E-state index in [2.05, 4.69) is 4.98 Å². The topological polar surface area (TPSA) is 77.2 Å². The summed E-state index contributed by atoms with van der Waals surface area (Å²) < 4.78 is 2.56. The van der Waals surface area contributed by atoms with Crippen LogP contribution in [0.4, 0.5) is 0 Å². The van der Waals surface area contributed by atoms with Gasteiger partial charge in [-0.15, -0.1) is 0 Å². The molecule has 2 aromatic heterocycles. The Morgan fingerprint density at radius 2 is 1.74 bits per heavy atom. The third-order valence-corrected chi connectivity index (χ3v) is 6.32. The van der Waals surface area contributed by atoms with Gasteiger partial charge in [-0.3, -0.25) is 14.2 Å². The highest BCUT2D eigenvalue weighted by atomic mass is 35.5. The molecule has 0 N–H and O–H groups in total. The van der Waals surface area contributed by atoms with Crippen LogP contribution in [0.2, 0.25) is 5.02 Å². The quantitative estimate of drug-likeness (QED) is 0.451. The Bertz CT molecular complexity index is 1520. The van der Waals surface area contributed by atoms with Crippen molar-refractivity contribution >= 4 is 28.5 Å². The SMILES string of the molecule is Cc1cc(C(=O)N2CCCC2)c2c(=O)n(Cc3cccc(Cl)c3)c(=O)n(-c3ccccc3)c2n1. The minimum Gasteiger partial charge on any atom is -0.339 e. The highest BCUT2D eigenvalue weighted by Gasteiger charge is 2.26. The van der Waals surface area contributed by atoms with Crippen LogP contribution < -0.4 is 11.2 Å². The standard InChI is InChI=1S/C26H23ClN4O3/c1-17-14-21(24(32)29-12-5-6-13-29)22-23(28-17)31(20-10-3-2-4-11-20)26(34)30(25(22)33)16-18-8-7-9-19(27)15-18/h2-4,7-11,14-15H,5-6,12-13,16H2,1H3. The molecule has 0 radical (unpaired) electrons. The number of carbonyl (C=O) groups is 1. The van der Waals surface area contributed by atoms with Crippen molar-refractivity contribution in [3.05, 3.63) is 103 Å². The molecule has 0 atom stereocenters. The fourth-order valence-electron chi connectivity index (χ4n) is 4.49. The first-order chi connectivity index (χ1) is 16.4. The molecule has 7 nitrogen and oxygen atoms in total. The lowest BCUT2D eigenvalue weighted by Crippen LogP contribution is -2.41. The maximum absolute atomic E-state index is 13.8. The van der Waals surface area contributed by atoms with Crippen LogP contribution in [-0.2, 0) is 6.54 Å². The number of fused-ring (bicyclic) bond motifs is 1. The van der Waals surface area contributed by atoms with E-state index in [9.17, 15) is 14.4 Å². The van der Waals surface area contributed by atoms with E-state index in [4.69, 9.17) is 11.6 Å². The van der Waals surface area contributed by atoms with Gasteiger partial charge < -0.3 is 4.90 Å². The first kappa shape index (κ1) is 22.1. The Morgan fingerprint density at radius 1 is 1.00 bits per heavy atom. The number of hydrogen-bond acceptors (Lipinski definition) is 4. The van der Waals surface area contributed by atoms with Gasteiger partial charge in [-0.05, 0) is 55.7 Å². The van der Waals surface area contributed by atoms with E-state index >= 15 is 0 Å². The highest BCUT2D eigenvalue weighted by molar-refractivity contribution is 6.30. The zero-order chi connectivity index (χ0) is 23.8. The molecule has 1 aliphatic rings. The fourth-order valence-corrected chi connectivity index (χ4v) is 4.70. The number of aryl methyl sites for hydroxylation is 1. The molecule has 0 saturated carbocycles. The minimum atomic E-state index is -0.540. The van der Waals surface area contributed by atoms with Crippen molar-refractivity contribution in [1.29, 1.82) is 0 Å². The van der Waals surface area contributed by atoms with Gasteiger partial charge in [0.2, 0.25) is 0 Å². The lowest BCUT2D eigenvalue weighted by molar-refractivity contribution is 0.0794. The summed E-state index contributed by atoms with van der Waals surface area (Å²) in [7, 11) is 0. The summed E-state index contributed by atoms with van der Waals surface area (Å²) in [5.41, 5.74) is 1.23. The van der Waals surface area contributed by atoms with E-state index in [-0.39, 0.29) is 29.0 Å². The third-order valence-electron chi connectivity index (χ3n) is 6.09. The average Bonchev–Trinajstić information content (AvgIpc) is 3.36. The number of benzene rings is 2. The molecule has 34 heavy (non-hydrogen) atoms. The summed E-state index contributed by atoms with van der Waals surface area (Å²) >= 11 is 6.14. The number of pyridine rings is 1. The molecule has 1 fully saturated rings. The molecule has 172 valence electrons. The van der Waals surface area contributed by atoms with Gasteiger partial charge in [0.25, 0.3) is 11.5 Å². The van der Waals surface area contributed by atoms with Crippen LogP contribution in [0.3, 0.4) is 0 Å². The lowest BCUT2D eigenvalue weighted by Gasteiger charge is -2.19. The number of hydrogen-bond donors (Lipinski definition) is 0. The van der Waals surface area contributed by atoms with Crippen molar-refractivity contribution < 1.29 is 4.79 Å². The molecular weight excluding hydrogens is 452 g/mol. The number of halogens is 1. The normalized spacial score (nSPS) is 13.5. The van der Waals surface area contributed by atoms with Crippen molar-refractivity contribution in [3.63, 3.8) is 0 Å². The first-order valence-corrected chi connectivity index (χ1v) is 11.6. The number of amides is 1. The van der Waals surface area contributed by atoms with Crippen molar-refractivity contribution in [2.24, 2.45) is 0 Å². The van der Waals surface area contributed by atoms with Gasteiger partial charge >= 0.3 is 5.69 Å². The Morgan fingerprint density at radius 3 is 2.44 bits per heavy atom. The first-order valence-electron chi connectivity index (χ1n) is 11.2. The lowest BCUT2D eigenvalue weighted by atomic mass is 10.1. The van der Waals surface area contributed by atoms with Gasteiger partial charge in [-0.25, -0.2) is 14.3 Å². The van der Waals surface area contributed by atoms with E-state index in [1.807, 2.05) is 18.2 Å². The number of para-hydroxylation sites is 1.